The summed E-state index contributed by atoms with van der Waals surface area (Å²) in [4.78, 5) is 4.22. The lowest BCUT2D eigenvalue weighted by molar-refractivity contribution is 0.334. The van der Waals surface area contributed by atoms with E-state index < -0.39 is 19.2 Å². The lowest BCUT2D eigenvalue weighted by atomic mass is 9.80. The molecule has 1 aromatic carbocycles. The number of nitrogens with zero attached hydrogens (tertiary/aromatic N) is 4. The minimum Gasteiger partial charge on any atom is -0.492 e. The third-order valence-corrected chi connectivity index (χ3v) is 4.46. The van der Waals surface area contributed by atoms with Crippen LogP contribution in [0.15, 0.2) is 42.6 Å². The van der Waals surface area contributed by atoms with E-state index in [1.165, 1.54) is 24.4 Å². The summed E-state index contributed by atoms with van der Waals surface area (Å²) in [5.74, 6) is 0.421. The molecule has 26 heavy (non-hydrogen) atoms. The van der Waals surface area contributed by atoms with E-state index in [1.54, 1.807) is 22.8 Å². The molecule has 0 bridgehead atoms. The summed E-state index contributed by atoms with van der Waals surface area (Å²) in [5.41, 5.74) is 6.53. The van der Waals surface area contributed by atoms with Gasteiger partial charge in [0, 0.05) is 16.1 Å². The van der Waals surface area contributed by atoms with Crippen molar-refractivity contribution >= 4 is 0 Å². The number of ether oxygens (including phenoxy) is 1. The summed E-state index contributed by atoms with van der Waals surface area (Å²) >= 11 is 0. The van der Waals surface area contributed by atoms with Crippen molar-refractivity contribution in [2.24, 2.45) is 5.73 Å². The summed E-state index contributed by atoms with van der Waals surface area (Å²) in [6, 6.07) is 9.20. The Morgan fingerprint density at radius 2 is 2.15 bits per heavy atom. The van der Waals surface area contributed by atoms with Gasteiger partial charge in [0.25, 0.3) is 0 Å². The number of rotatable bonds is 5. The first kappa shape index (κ1) is 11.7. The molecule has 3 aromatic rings. The van der Waals surface area contributed by atoms with E-state index in [2.05, 4.69) is 15.2 Å². The Morgan fingerprint density at radius 3 is 2.85 bits per heavy atom. The van der Waals surface area contributed by atoms with Gasteiger partial charge in [-0.1, -0.05) is 12.1 Å². The van der Waals surface area contributed by atoms with Crippen molar-refractivity contribution in [1.29, 1.82) is 0 Å². The average Bonchev–Trinajstić information content (AvgIpc) is 3.09. The SMILES string of the molecule is [2H]C([2H])([2H])C([2H])([2H])Oc1ccc(-c2nnc(C3CC(N)C3)n2-c2ccccc2F)nc1. The summed E-state index contributed by atoms with van der Waals surface area (Å²) < 4.78 is 58.0. The molecule has 4 rings (SSSR count). The molecule has 1 fully saturated rings. The van der Waals surface area contributed by atoms with E-state index in [1.807, 2.05) is 0 Å². The van der Waals surface area contributed by atoms with Crippen LogP contribution >= 0.6 is 0 Å². The van der Waals surface area contributed by atoms with E-state index in [4.69, 9.17) is 17.3 Å². The summed E-state index contributed by atoms with van der Waals surface area (Å²) in [7, 11) is 0. The van der Waals surface area contributed by atoms with Crippen LogP contribution in [0, 0.1) is 5.82 Å². The second kappa shape index (κ2) is 6.84. The van der Waals surface area contributed by atoms with Gasteiger partial charge in [0.05, 0.1) is 21.2 Å². The zero-order valence-corrected chi connectivity index (χ0v) is 13.8. The highest BCUT2D eigenvalue weighted by Crippen LogP contribution is 2.37. The topological polar surface area (TPSA) is 78.9 Å². The molecule has 1 saturated carbocycles. The second-order valence-corrected chi connectivity index (χ2v) is 6.18. The molecule has 0 spiro atoms. The quantitative estimate of drug-likeness (QED) is 0.758. The lowest BCUT2D eigenvalue weighted by Gasteiger charge is -2.31. The van der Waals surface area contributed by atoms with Crippen LogP contribution in [0.3, 0.4) is 0 Å². The molecule has 6 nitrogen and oxygen atoms in total. The highest BCUT2D eigenvalue weighted by atomic mass is 19.1. The monoisotopic (exact) mass is 358 g/mol. The van der Waals surface area contributed by atoms with Crippen LogP contribution < -0.4 is 10.5 Å². The molecule has 7 heteroatoms. The fraction of sp³-hybridized carbons (Fsp3) is 0.316. The first-order valence-corrected chi connectivity index (χ1v) is 8.18. The van der Waals surface area contributed by atoms with Gasteiger partial charge in [-0.3, -0.25) is 4.57 Å². The Balaban J connectivity index is 1.71. The fourth-order valence-corrected chi connectivity index (χ4v) is 3.10. The maximum Gasteiger partial charge on any atom is 0.187 e. The van der Waals surface area contributed by atoms with E-state index in [-0.39, 0.29) is 23.4 Å². The van der Waals surface area contributed by atoms with Crippen LogP contribution in [-0.2, 0) is 0 Å². The Labute approximate surface area is 157 Å². The molecule has 1 aliphatic rings. The van der Waals surface area contributed by atoms with Crippen LogP contribution in [0.25, 0.3) is 17.2 Å². The Kier molecular flexibility index (Phi) is 3.09. The van der Waals surface area contributed by atoms with E-state index in [9.17, 15) is 4.39 Å². The number of halogens is 1. The minimum absolute atomic E-state index is 0.0463. The first-order valence-electron chi connectivity index (χ1n) is 10.7. The van der Waals surface area contributed by atoms with Crippen LogP contribution in [0.5, 0.6) is 5.75 Å². The molecular weight excluding hydrogens is 333 g/mol. The molecule has 0 radical (unpaired) electrons. The van der Waals surface area contributed by atoms with Crippen molar-refractivity contribution in [2.75, 3.05) is 6.56 Å². The first-order chi connectivity index (χ1) is 14.6. The standard InChI is InChI=1S/C19H20FN5O/c1-2-26-14-7-8-16(22-11-14)19-24-23-18(12-9-13(21)10-12)25(19)17-6-4-3-5-15(17)20/h3-8,11-13H,2,9-10,21H2,1H3/i1D3,2D2. The Hall–Kier alpha value is -2.80. The predicted octanol–water partition coefficient (Wildman–Crippen LogP) is 3.07. The minimum atomic E-state index is -2.96. The van der Waals surface area contributed by atoms with E-state index in [0.29, 0.717) is 17.3 Å². The van der Waals surface area contributed by atoms with Gasteiger partial charge in [0.15, 0.2) is 5.82 Å². The predicted molar refractivity (Wildman–Crippen MR) is 95.7 cm³/mol. The highest BCUT2D eigenvalue weighted by Gasteiger charge is 2.33. The molecule has 0 saturated heterocycles. The zero-order chi connectivity index (χ0) is 22.4. The molecule has 0 atom stereocenters. The van der Waals surface area contributed by atoms with Gasteiger partial charge in [0.1, 0.15) is 23.1 Å². The molecule has 1 aliphatic carbocycles. The Morgan fingerprint density at radius 1 is 1.31 bits per heavy atom. The number of pyridine rings is 1. The zero-order valence-electron chi connectivity index (χ0n) is 18.8. The lowest BCUT2D eigenvalue weighted by Crippen LogP contribution is -2.36. The van der Waals surface area contributed by atoms with Crippen molar-refractivity contribution in [3.05, 3.63) is 54.2 Å². The fourth-order valence-electron chi connectivity index (χ4n) is 3.10. The summed E-state index contributed by atoms with van der Waals surface area (Å²) in [5, 5.41) is 8.48. The molecule has 2 heterocycles. The number of hydrogen-bond donors (Lipinski definition) is 1. The molecule has 0 unspecified atom stereocenters. The van der Waals surface area contributed by atoms with Crippen LogP contribution in [0.2, 0.25) is 0 Å². The van der Waals surface area contributed by atoms with Gasteiger partial charge < -0.3 is 10.5 Å². The van der Waals surface area contributed by atoms with Gasteiger partial charge >= 0.3 is 0 Å². The number of nitrogens with two attached hydrogens (primary N) is 1. The van der Waals surface area contributed by atoms with Crippen LogP contribution in [0.4, 0.5) is 4.39 Å². The molecule has 0 aliphatic heterocycles. The van der Waals surface area contributed by atoms with Crippen molar-refractivity contribution in [3.63, 3.8) is 0 Å². The number of hydrogen-bond acceptors (Lipinski definition) is 5. The third-order valence-electron chi connectivity index (χ3n) is 4.46. The Bertz CT molecular complexity index is 1080. The van der Waals surface area contributed by atoms with Crippen molar-refractivity contribution in [1.82, 2.24) is 19.7 Å². The second-order valence-electron chi connectivity index (χ2n) is 6.18. The number of aromatic nitrogens is 4. The number of para-hydroxylation sites is 1. The molecule has 134 valence electrons. The molecule has 2 aromatic heterocycles. The van der Waals surface area contributed by atoms with Gasteiger partial charge in [-0.2, -0.15) is 0 Å². The van der Waals surface area contributed by atoms with E-state index in [0.717, 1.165) is 12.8 Å². The van der Waals surface area contributed by atoms with E-state index >= 15 is 0 Å². The molecule has 0 amide bonds. The largest absolute Gasteiger partial charge is 0.492 e. The van der Waals surface area contributed by atoms with Gasteiger partial charge in [-0.15, -0.1) is 10.2 Å². The van der Waals surface area contributed by atoms with Gasteiger partial charge in [0.2, 0.25) is 0 Å². The van der Waals surface area contributed by atoms with Crippen LogP contribution in [-0.4, -0.2) is 32.3 Å². The highest BCUT2D eigenvalue weighted by molar-refractivity contribution is 5.55. The van der Waals surface area contributed by atoms with Crippen molar-refractivity contribution in [2.45, 2.75) is 31.7 Å². The smallest absolute Gasteiger partial charge is 0.187 e. The van der Waals surface area contributed by atoms with Crippen molar-refractivity contribution < 1.29 is 16.0 Å². The van der Waals surface area contributed by atoms with Gasteiger partial charge in [-0.05, 0) is 44.0 Å². The normalized spacial score (nSPS) is 23.1. The maximum absolute atomic E-state index is 14.6. The van der Waals surface area contributed by atoms with Crippen LogP contribution in [0.1, 0.15) is 38.3 Å². The summed E-state index contributed by atoms with van der Waals surface area (Å²) in [6.45, 7) is -5.84. The summed E-state index contributed by atoms with van der Waals surface area (Å²) in [6.07, 6.45) is 2.63. The van der Waals surface area contributed by atoms with Crippen molar-refractivity contribution in [3.8, 4) is 23.0 Å². The molecule has 2 N–H and O–H groups in total. The molecular formula is C19H20FN5O. The average molecular weight is 358 g/mol. The van der Waals surface area contributed by atoms with Gasteiger partial charge in [-0.25, -0.2) is 9.37 Å². The maximum atomic E-state index is 14.6. The third kappa shape index (κ3) is 2.94. The number of benzene rings is 1.